The predicted octanol–water partition coefficient (Wildman–Crippen LogP) is 3.64. The summed E-state index contributed by atoms with van der Waals surface area (Å²) in [5, 5.41) is 3.05. The number of alkyl halides is 3. The standard InChI is InChI=1S/C19H18F3N3O2/c1-13(24-17(26)12-27-15-7-3-2-4-8-15)11-25-16(19(20,21)22)10-14-6-5-9-23-18(14)25/h2-10,13H,11-12H2,1H3,(H,24,26)/t13-/m1/s1. The minimum atomic E-state index is -4.51. The van der Waals surface area contributed by atoms with E-state index >= 15 is 0 Å². The van der Waals surface area contributed by atoms with E-state index in [1.807, 2.05) is 6.07 Å². The number of para-hydroxylation sites is 1. The monoisotopic (exact) mass is 377 g/mol. The molecule has 0 aliphatic rings. The van der Waals surface area contributed by atoms with Gasteiger partial charge in [0.05, 0.1) is 0 Å². The van der Waals surface area contributed by atoms with Gasteiger partial charge in [-0.3, -0.25) is 4.79 Å². The lowest BCUT2D eigenvalue weighted by Gasteiger charge is -2.18. The molecule has 0 fully saturated rings. The van der Waals surface area contributed by atoms with Gasteiger partial charge in [0.2, 0.25) is 0 Å². The maximum absolute atomic E-state index is 13.4. The summed E-state index contributed by atoms with van der Waals surface area (Å²) in [5.74, 6) is 0.129. The highest BCUT2D eigenvalue weighted by Gasteiger charge is 2.36. The summed E-state index contributed by atoms with van der Waals surface area (Å²) in [4.78, 5) is 16.1. The smallest absolute Gasteiger partial charge is 0.431 e. The summed E-state index contributed by atoms with van der Waals surface area (Å²) in [6.07, 6.45) is -3.07. The van der Waals surface area contributed by atoms with E-state index in [0.29, 0.717) is 11.1 Å². The zero-order valence-electron chi connectivity index (χ0n) is 14.5. The van der Waals surface area contributed by atoms with Gasteiger partial charge in [-0.05, 0) is 37.3 Å². The van der Waals surface area contributed by atoms with Gasteiger partial charge >= 0.3 is 6.18 Å². The van der Waals surface area contributed by atoms with Gasteiger partial charge in [0.25, 0.3) is 5.91 Å². The summed E-state index contributed by atoms with van der Waals surface area (Å²) in [6.45, 7) is 1.35. The van der Waals surface area contributed by atoms with Gasteiger partial charge in [0.1, 0.15) is 17.1 Å². The van der Waals surface area contributed by atoms with E-state index in [1.165, 1.54) is 6.20 Å². The number of amides is 1. The van der Waals surface area contributed by atoms with Crippen LogP contribution in [0.15, 0.2) is 54.7 Å². The van der Waals surface area contributed by atoms with Gasteiger partial charge in [-0.2, -0.15) is 13.2 Å². The van der Waals surface area contributed by atoms with Crippen molar-refractivity contribution in [3.8, 4) is 5.75 Å². The lowest BCUT2D eigenvalue weighted by Crippen LogP contribution is -2.39. The Bertz CT molecular complexity index is 923. The Morgan fingerprint density at radius 1 is 1.22 bits per heavy atom. The number of nitrogens with one attached hydrogen (secondary N) is 1. The second kappa shape index (κ2) is 7.69. The van der Waals surface area contributed by atoms with Crippen LogP contribution >= 0.6 is 0 Å². The average Bonchev–Trinajstić information content (AvgIpc) is 3.00. The first-order valence-corrected chi connectivity index (χ1v) is 8.33. The van der Waals surface area contributed by atoms with Gasteiger partial charge in [-0.15, -0.1) is 0 Å². The molecular weight excluding hydrogens is 359 g/mol. The fourth-order valence-electron chi connectivity index (χ4n) is 2.81. The molecule has 0 bridgehead atoms. The average molecular weight is 377 g/mol. The first-order valence-electron chi connectivity index (χ1n) is 8.33. The molecule has 8 heteroatoms. The molecule has 0 radical (unpaired) electrons. The van der Waals surface area contributed by atoms with Gasteiger partial charge in [-0.1, -0.05) is 18.2 Å². The Morgan fingerprint density at radius 3 is 2.67 bits per heavy atom. The van der Waals surface area contributed by atoms with Gasteiger partial charge in [-0.25, -0.2) is 4.98 Å². The number of fused-ring (bicyclic) bond motifs is 1. The number of carbonyl (C=O) groups excluding carboxylic acids is 1. The third kappa shape index (κ3) is 4.58. The highest BCUT2D eigenvalue weighted by molar-refractivity contribution is 5.78. The Balaban J connectivity index is 1.68. The molecule has 3 rings (SSSR count). The molecule has 142 valence electrons. The molecule has 2 heterocycles. The molecule has 1 atom stereocenters. The first kappa shape index (κ1) is 18.8. The number of nitrogens with zero attached hydrogens (tertiary/aromatic N) is 2. The second-order valence-corrected chi connectivity index (χ2v) is 6.12. The van der Waals surface area contributed by atoms with E-state index in [9.17, 15) is 18.0 Å². The topological polar surface area (TPSA) is 56.2 Å². The number of halogens is 3. The van der Waals surface area contributed by atoms with Crippen LogP contribution in [0.2, 0.25) is 0 Å². The quantitative estimate of drug-likeness (QED) is 0.714. The minimum absolute atomic E-state index is 0.0631. The number of rotatable bonds is 6. The summed E-state index contributed by atoms with van der Waals surface area (Å²) >= 11 is 0. The normalized spacial score (nSPS) is 12.7. The maximum Gasteiger partial charge on any atom is 0.431 e. The lowest BCUT2D eigenvalue weighted by molar-refractivity contribution is -0.143. The van der Waals surface area contributed by atoms with Crippen molar-refractivity contribution < 1.29 is 22.7 Å². The van der Waals surface area contributed by atoms with Crippen LogP contribution in [0.4, 0.5) is 13.2 Å². The Kier molecular flexibility index (Phi) is 5.34. The van der Waals surface area contributed by atoms with Crippen LogP contribution in [0.1, 0.15) is 12.6 Å². The van der Waals surface area contributed by atoms with Crippen molar-refractivity contribution in [2.45, 2.75) is 25.7 Å². The van der Waals surface area contributed by atoms with E-state index < -0.39 is 23.8 Å². The van der Waals surface area contributed by atoms with Crippen molar-refractivity contribution in [3.63, 3.8) is 0 Å². The highest BCUT2D eigenvalue weighted by Crippen LogP contribution is 2.33. The zero-order chi connectivity index (χ0) is 19.4. The molecule has 27 heavy (non-hydrogen) atoms. The maximum atomic E-state index is 13.4. The van der Waals surface area contributed by atoms with Crippen LogP contribution in [0.25, 0.3) is 11.0 Å². The van der Waals surface area contributed by atoms with Crippen molar-refractivity contribution in [2.24, 2.45) is 0 Å². The van der Waals surface area contributed by atoms with Crippen LogP contribution < -0.4 is 10.1 Å². The molecule has 2 aromatic heterocycles. The second-order valence-electron chi connectivity index (χ2n) is 6.12. The fraction of sp³-hybridized carbons (Fsp3) is 0.263. The van der Waals surface area contributed by atoms with Crippen LogP contribution in [0.5, 0.6) is 5.75 Å². The third-order valence-electron chi connectivity index (χ3n) is 3.92. The van der Waals surface area contributed by atoms with E-state index in [0.717, 1.165) is 10.6 Å². The van der Waals surface area contributed by atoms with Crippen molar-refractivity contribution in [1.29, 1.82) is 0 Å². The van der Waals surface area contributed by atoms with Gasteiger partial charge < -0.3 is 14.6 Å². The van der Waals surface area contributed by atoms with Crippen molar-refractivity contribution in [3.05, 3.63) is 60.4 Å². The fourth-order valence-corrected chi connectivity index (χ4v) is 2.81. The van der Waals surface area contributed by atoms with Crippen LogP contribution in [-0.2, 0) is 17.5 Å². The highest BCUT2D eigenvalue weighted by atomic mass is 19.4. The molecule has 0 spiro atoms. The van der Waals surface area contributed by atoms with Crippen LogP contribution in [-0.4, -0.2) is 28.1 Å². The summed E-state index contributed by atoms with van der Waals surface area (Å²) < 4.78 is 46.5. The first-order chi connectivity index (χ1) is 12.8. The molecule has 3 aromatic rings. The van der Waals surface area contributed by atoms with Gasteiger partial charge in [0.15, 0.2) is 6.61 Å². The van der Waals surface area contributed by atoms with E-state index in [-0.39, 0.29) is 18.8 Å². The number of benzene rings is 1. The number of hydrogen-bond donors (Lipinski definition) is 1. The Labute approximate surface area is 153 Å². The molecular formula is C19H18F3N3O2. The molecule has 1 N–H and O–H groups in total. The third-order valence-corrected chi connectivity index (χ3v) is 3.92. The van der Waals surface area contributed by atoms with E-state index in [4.69, 9.17) is 4.74 Å². The molecule has 0 saturated carbocycles. The number of aromatic nitrogens is 2. The molecule has 0 unspecified atom stereocenters. The van der Waals surface area contributed by atoms with Crippen molar-refractivity contribution >= 4 is 16.9 Å². The lowest BCUT2D eigenvalue weighted by atomic mass is 10.3. The zero-order valence-corrected chi connectivity index (χ0v) is 14.5. The molecule has 1 aromatic carbocycles. The number of pyridine rings is 1. The molecule has 0 aliphatic carbocycles. The van der Waals surface area contributed by atoms with Crippen molar-refractivity contribution in [1.82, 2.24) is 14.9 Å². The van der Waals surface area contributed by atoms with E-state index in [1.54, 1.807) is 43.3 Å². The summed E-state index contributed by atoms with van der Waals surface area (Å²) in [6, 6.07) is 12.5. The molecule has 1 amide bonds. The van der Waals surface area contributed by atoms with Crippen LogP contribution in [0.3, 0.4) is 0 Å². The Morgan fingerprint density at radius 2 is 1.96 bits per heavy atom. The van der Waals surface area contributed by atoms with Gasteiger partial charge in [0, 0.05) is 24.2 Å². The summed E-state index contributed by atoms with van der Waals surface area (Å²) in [5.41, 5.74) is -0.565. The summed E-state index contributed by atoms with van der Waals surface area (Å²) in [7, 11) is 0. The largest absolute Gasteiger partial charge is 0.484 e. The van der Waals surface area contributed by atoms with Crippen LogP contribution in [0, 0.1) is 0 Å². The Hall–Kier alpha value is -3.03. The van der Waals surface area contributed by atoms with Crippen molar-refractivity contribution in [2.75, 3.05) is 6.61 Å². The number of hydrogen-bond acceptors (Lipinski definition) is 3. The molecule has 5 nitrogen and oxygen atoms in total. The predicted molar refractivity (Wildman–Crippen MR) is 94.3 cm³/mol. The minimum Gasteiger partial charge on any atom is -0.484 e. The SMILES string of the molecule is C[C@H](Cn1c(C(F)(F)F)cc2cccnc21)NC(=O)COc1ccccc1. The van der Waals surface area contributed by atoms with E-state index in [2.05, 4.69) is 10.3 Å². The number of ether oxygens (including phenoxy) is 1. The number of carbonyl (C=O) groups is 1. The molecule has 0 aliphatic heterocycles. The molecule has 0 saturated heterocycles.